The lowest BCUT2D eigenvalue weighted by Gasteiger charge is -2.02. The van der Waals surface area contributed by atoms with Gasteiger partial charge < -0.3 is 4.80 Å². The molecule has 0 radical (unpaired) electrons. The average Bonchev–Trinajstić information content (AvgIpc) is 2.31. The van der Waals surface area contributed by atoms with E-state index in [1.807, 2.05) is 0 Å². The van der Waals surface area contributed by atoms with Gasteiger partial charge in [0.2, 0.25) is 0 Å². The third kappa shape index (κ3) is 14.2. The summed E-state index contributed by atoms with van der Waals surface area (Å²) in [6.07, 6.45) is 16.9. The summed E-state index contributed by atoms with van der Waals surface area (Å²) in [5, 5.41) is 0. The van der Waals surface area contributed by atoms with Crippen LogP contribution >= 0.6 is 0 Å². The van der Waals surface area contributed by atoms with Crippen molar-refractivity contribution >= 4 is 9.76 Å². The highest BCUT2D eigenvalue weighted by Crippen LogP contribution is 2.12. The van der Waals surface area contributed by atoms with Crippen LogP contribution in [0.3, 0.4) is 0 Å². The molecule has 0 rings (SSSR count). The number of rotatable bonds is 13. The largest absolute Gasteiger partial charge is 0.438 e. The van der Waals surface area contributed by atoms with Crippen molar-refractivity contribution < 1.29 is 4.80 Å². The molecule has 0 amide bonds. The molecule has 0 aromatic rings. The second-order valence-electron chi connectivity index (χ2n) is 4.97. The van der Waals surface area contributed by atoms with Gasteiger partial charge in [-0.3, -0.25) is 0 Å². The van der Waals surface area contributed by atoms with Gasteiger partial charge in [0, 0.05) is 0 Å². The summed E-state index contributed by atoms with van der Waals surface area (Å²) in [5.41, 5.74) is 0. The zero-order chi connectivity index (χ0) is 11.9. The predicted molar refractivity (Wildman–Crippen MR) is 76.6 cm³/mol. The average molecular weight is 244 g/mol. The van der Waals surface area contributed by atoms with E-state index in [4.69, 9.17) is 4.80 Å². The van der Waals surface area contributed by atoms with E-state index in [1.54, 1.807) is 0 Å². The van der Waals surface area contributed by atoms with Crippen LogP contribution in [0.25, 0.3) is 0 Å². The normalized spacial score (nSPS) is 11.6. The van der Waals surface area contributed by atoms with E-state index in [9.17, 15) is 0 Å². The molecular weight excluding hydrogens is 212 g/mol. The maximum Gasteiger partial charge on any atom is 0.156 e. The summed E-state index contributed by atoms with van der Waals surface area (Å²) in [6.45, 7) is 2.28. The van der Waals surface area contributed by atoms with Crippen LogP contribution in [-0.4, -0.2) is 14.6 Å². The minimum Gasteiger partial charge on any atom is -0.438 e. The third-order valence-corrected chi connectivity index (χ3v) is 4.08. The van der Waals surface area contributed by atoms with Gasteiger partial charge in [-0.1, -0.05) is 84.0 Å². The van der Waals surface area contributed by atoms with E-state index >= 15 is 0 Å². The Bertz CT molecular complexity index is 103. The number of unbranched alkanes of at least 4 members (excludes halogenated alkanes) is 11. The van der Waals surface area contributed by atoms with Gasteiger partial charge in [-0.05, 0) is 6.04 Å². The van der Waals surface area contributed by atoms with Crippen molar-refractivity contribution in [2.24, 2.45) is 0 Å². The third-order valence-electron chi connectivity index (χ3n) is 3.26. The summed E-state index contributed by atoms with van der Waals surface area (Å²) < 4.78 is 0. The van der Waals surface area contributed by atoms with Crippen molar-refractivity contribution in [3.05, 3.63) is 0 Å². The fourth-order valence-corrected chi connectivity index (χ4v) is 2.71. The van der Waals surface area contributed by atoms with E-state index in [0.29, 0.717) is 0 Å². The molecule has 0 saturated carbocycles. The molecule has 0 aromatic heterocycles. The maximum atomic E-state index is 8.77. The molecule has 0 atom stereocenters. The fourth-order valence-electron chi connectivity index (χ4n) is 2.13. The summed E-state index contributed by atoms with van der Waals surface area (Å²) in [6, 6.07) is 1.14. The molecule has 0 aliphatic heterocycles. The van der Waals surface area contributed by atoms with Gasteiger partial charge >= 0.3 is 0 Å². The zero-order valence-corrected chi connectivity index (χ0v) is 12.8. The van der Waals surface area contributed by atoms with Crippen LogP contribution in [0.5, 0.6) is 0 Å². The Hall–Kier alpha value is 0.177. The summed E-state index contributed by atoms with van der Waals surface area (Å²) in [5.74, 6) is 0. The second kappa shape index (κ2) is 15.2. The van der Waals surface area contributed by atoms with Crippen LogP contribution < -0.4 is 0 Å². The van der Waals surface area contributed by atoms with Crippen molar-refractivity contribution in [1.82, 2.24) is 0 Å². The monoisotopic (exact) mass is 244 g/mol. The summed E-state index contributed by atoms with van der Waals surface area (Å²) >= 11 is 0. The molecule has 0 bridgehead atoms. The topological polar surface area (TPSA) is 20.2 Å². The van der Waals surface area contributed by atoms with Crippen LogP contribution in [-0.2, 0) is 0 Å². The Morgan fingerprint density at radius 3 is 1.38 bits per heavy atom. The lowest BCUT2D eigenvalue weighted by Crippen LogP contribution is -1.86. The van der Waals surface area contributed by atoms with Crippen molar-refractivity contribution in [2.45, 2.75) is 90.0 Å². The quantitative estimate of drug-likeness (QED) is 0.381. The number of hydrogen-bond acceptors (Lipinski definition) is 1. The Morgan fingerprint density at radius 2 is 1.00 bits per heavy atom. The molecular formula is C14H32OSi. The minimum atomic E-state index is -0.644. The number of hydrogen-bond donors (Lipinski definition) is 1. The maximum absolute atomic E-state index is 8.77. The summed E-state index contributed by atoms with van der Waals surface area (Å²) in [7, 11) is -0.644. The van der Waals surface area contributed by atoms with E-state index < -0.39 is 9.76 Å². The molecule has 0 fully saturated rings. The minimum absolute atomic E-state index is 0.644. The van der Waals surface area contributed by atoms with E-state index in [1.165, 1.54) is 77.0 Å². The first-order valence-corrected chi connectivity index (χ1v) is 9.16. The van der Waals surface area contributed by atoms with E-state index in [-0.39, 0.29) is 0 Å². The Labute approximate surface area is 105 Å². The Morgan fingerprint density at radius 1 is 0.625 bits per heavy atom. The molecule has 1 nitrogen and oxygen atoms in total. The van der Waals surface area contributed by atoms with Crippen LogP contribution in [0.1, 0.15) is 84.0 Å². The summed E-state index contributed by atoms with van der Waals surface area (Å²) in [4.78, 5) is 8.77. The molecule has 0 saturated heterocycles. The molecule has 0 spiro atoms. The van der Waals surface area contributed by atoms with Crippen LogP contribution in [0.15, 0.2) is 0 Å². The molecule has 98 valence electrons. The molecule has 1 N–H and O–H groups in total. The van der Waals surface area contributed by atoms with Gasteiger partial charge in [0.1, 0.15) is 0 Å². The first kappa shape index (κ1) is 16.2. The standard InChI is InChI=1S/C14H32OSi/c1-2-3-4-5-6-7-8-9-10-11-12-13-14-16-15/h15H,2-14,16H2,1H3. The van der Waals surface area contributed by atoms with Crippen molar-refractivity contribution in [1.29, 1.82) is 0 Å². The van der Waals surface area contributed by atoms with Crippen LogP contribution in [0.4, 0.5) is 0 Å². The predicted octanol–water partition coefficient (Wildman–Crippen LogP) is 4.18. The fraction of sp³-hybridized carbons (Fsp3) is 1.00. The molecule has 16 heavy (non-hydrogen) atoms. The molecule has 0 aliphatic carbocycles. The Kier molecular flexibility index (Phi) is 15.3. The van der Waals surface area contributed by atoms with Crippen LogP contribution in [0.2, 0.25) is 6.04 Å². The first-order valence-electron chi connectivity index (χ1n) is 7.52. The van der Waals surface area contributed by atoms with Crippen LogP contribution in [0, 0.1) is 0 Å². The van der Waals surface area contributed by atoms with Crippen molar-refractivity contribution in [3.8, 4) is 0 Å². The van der Waals surface area contributed by atoms with Gasteiger partial charge in [-0.25, -0.2) is 0 Å². The molecule has 0 heterocycles. The molecule has 0 aromatic carbocycles. The lowest BCUT2D eigenvalue weighted by molar-refractivity contribution is 0.544. The highest BCUT2D eigenvalue weighted by atomic mass is 28.2. The second-order valence-corrected chi connectivity index (χ2v) is 6.12. The zero-order valence-electron chi connectivity index (χ0n) is 11.3. The lowest BCUT2D eigenvalue weighted by atomic mass is 10.1. The highest BCUT2D eigenvalue weighted by Gasteiger charge is 1.93. The van der Waals surface area contributed by atoms with Gasteiger partial charge in [0.05, 0.1) is 0 Å². The van der Waals surface area contributed by atoms with Crippen molar-refractivity contribution in [2.75, 3.05) is 0 Å². The molecule has 2 heteroatoms. The Balaban J connectivity index is 2.83. The van der Waals surface area contributed by atoms with Crippen molar-refractivity contribution in [3.63, 3.8) is 0 Å². The highest BCUT2D eigenvalue weighted by molar-refractivity contribution is 6.25. The smallest absolute Gasteiger partial charge is 0.156 e. The molecule has 0 aliphatic rings. The van der Waals surface area contributed by atoms with Gasteiger partial charge in [-0.15, -0.1) is 0 Å². The van der Waals surface area contributed by atoms with E-state index in [2.05, 4.69) is 6.92 Å². The first-order chi connectivity index (χ1) is 7.91. The molecule has 0 unspecified atom stereocenters. The van der Waals surface area contributed by atoms with Gasteiger partial charge in [-0.2, -0.15) is 0 Å². The SMILES string of the molecule is CCCCCCCCCCCCCC[SiH2]O. The van der Waals surface area contributed by atoms with Gasteiger partial charge in [0.15, 0.2) is 9.76 Å². The van der Waals surface area contributed by atoms with E-state index in [0.717, 1.165) is 6.04 Å². The van der Waals surface area contributed by atoms with Gasteiger partial charge in [0.25, 0.3) is 0 Å².